The quantitative estimate of drug-likeness (QED) is 0.852. The second kappa shape index (κ2) is 6.64. The van der Waals surface area contributed by atoms with Crippen molar-refractivity contribution in [2.24, 2.45) is 12.8 Å². The second-order valence-corrected chi connectivity index (χ2v) is 4.14. The van der Waals surface area contributed by atoms with Crippen LogP contribution in [0.25, 0.3) is 0 Å². The van der Waals surface area contributed by atoms with E-state index < -0.39 is 0 Å². The van der Waals surface area contributed by atoms with E-state index in [1.54, 1.807) is 11.8 Å². The third-order valence-electron chi connectivity index (χ3n) is 2.66. The minimum Gasteiger partial charge on any atom is -0.497 e. The first-order valence-electron chi connectivity index (χ1n) is 6.21. The minimum absolute atomic E-state index is 0.302. The summed E-state index contributed by atoms with van der Waals surface area (Å²) >= 11 is 0. The fourth-order valence-electron chi connectivity index (χ4n) is 1.70. The Bertz CT molecular complexity index is 638. The Kier molecular flexibility index (Phi) is 4.64. The summed E-state index contributed by atoms with van der Waals surface area (Å²) in [6.07, 6.45) is 1.88. The van der Waals surface area contributed by atoms with Gasteiger partial charge in [0.15, 0.2) is 0 Å². The summed E-state index contributed by atoms with van der Waals surface area (Å²) in [6.45, 7) is 0.696. The highest BCUT2D eigenvalue weighted by molar-refractivity contribution is 5.50. The van der Waals surface area contributed by atoms with E-state index in [1.165, 1.54) is 0 Å². The third-order valence-corrected chi connectivity index (χ3v) is 2.66. The van der Waals surface area contributed by atoms with Crippen molar-refractivity contribution in [3.05, 3.63) is 41.7 Å². The number of aromatic nitrogens is 2. The number of nitrogens with two attached hydrogens (primary N) is 1. The van der Waals surface area contributed by atoms with Crippen molar-refractivity contribution in [1.82, 2.24) is 9.78 Å². The zero-order valence-corrected chi connectivity index (χ0v) is 11.6. The summed E-state index contributed by atoms with van der Waals surface area (Å²) in [5.41, 5.74) is 7.02. The maximum absolute atomic E-state index is 5.76. The molecule has 0 unspecified atom stereocenters. The van der Waals surface area contributed by atoms with E-state index >= 15 is 0 Å². The monoisotopic (exact) mass is 271 g/mol. The normalized spacial score (nSPS) is 9.75. The molecule has 104 valence electrons. The Balaban J connectivity index is 2.17. The summed E-state index contributed by atoms with van der Waals surface area (Å²) in [7, 11) is 3.49. The first-order valence-corrected chi connectivity index (χ1v) is 6.21. The van der Waals surface area contributed by atoms with Gasteiger partial charge in [0.05, 0.1) is 24.9 Å². The van der Waals surface area contributed by atoms with Crippen molar-refractivity contribution in [3.8, 4) is 23.3 Å². The molecular formula is C15H17N3O2. The maximum atomic E-state index is 5.76. The molecule has 0 spiro atoms. The molecule has 0 saturated heterocycles. The topological polar surface area (TPSA) is 62.3 Å². The Morgan fingerprint density at radius 3 is 2.85 bits per heavy atom. The van der Waals surface area contributed by atoms with E-state index in [1.807, 2.05) is 37.5 Å². The van der Waals surface area contributed by atoms with Crippen LogP contribution < -0.4 is 15.2 Å². The number of rotatable bonds is 4. The van der Waals surface area contributed by atoms with Crippen molar-refractivity contribution >= 4 is 0 Å². The molecule has 1 aromatic heterocycles. The summed E-state index contributed by atoms with van der Waals surface area (Å²) in [5.74, 6) is 7.23. The van der Waals surface area contributed by atoms with Gasteiger partial charge in [0.25, 0.3) is 0 Å². The highest BCUT2D eigenvalue weighted by Gasteiger charge is 2.05. The molecule has 0 radical (unpaired) electrons. The van der Waals surface area contributed by atoms with E-state index in [2.05, 4.69) is 16.9 Å². The van der Waals surface area contributed by atoms with Crippen LogP contribution in [-0.2, 0) is 13.7 Å². The minimum atomic E-state index is 0.302. The molecule has 2 rings (SSSR count). The van der Waals surface area contributed by atoms with E-state index in [9.17, 15) is 0 Å². The predicted molar refractivity (Wildman–Crippen MR) is 76.5 cm³/mol. The van der Waals surface area contributed by atoms with Crippen molar-refractivity contribution < 1.29 is 9.47 Å². The van der Waals surface area contributed by atoms with Crippen molar-refractivity contribution in [3.63, 3.8) is 0 Å². The Morgan fingerprint density at radius 1 is 1.35 bits per heavy atom. The number of aryl methyl sites for hydroxylation is 1. The lowest BCUT2D eigenvalue weighted by atomic mass is 10.2. The third kappa shape index (κ3) is 3.53. The molecule has 0 atom stereocenters. The highest BCUT2D eigenvalue weighted by Crippen LogP contribution is 2.24. The number of ether oxygens (including phenoxy) is 2. The van der Waals surface area contributed by atoms with Gasteiger partial charge in [-0.1, -0.05) is 11.8 Å². The van der Waals surface area contributed by atoms with Gasteiger partial charge in [-0.15, -0.1) is 0 Å². The molecule has 0 aliphatic carbocycles. The van der Waals surface area contributed by atoms with Crippen LogP contribution in [-0.4, -0.2) is 23.4 Å². The lowest BCUT2D eigenvalue weighted by Crippen LogP contribution is -2.00. The van der Waals surface area contributed by atoms with Gasteiger partial charge < -0.3 is 15.2 Å². The molecular weight excluding hydrogens is 254 g/mol. The van der Waals surface area contributed by atoms with Crippen molar-refractivity contribution in [1.29, 1.82) is 0 Å². The Hall–Kier alpha value is -2.45. The average Bonchev–Trinajstić information content (AvgIpc) is 2.89. The van der Waals surface area contributed by atoms with Gasteiger partial charge in [-0.25, -0.2) is 0 Å². The van der Waals surface area contributed by atoms with E-state index in [0.717, 1.165) is 17.0 Å². The molecule has 0 bridgehead atoms. The van der Waals surface area contributed by atoms with E-state index in [4.69, 9.17) is 15.2 Å². The number of hydrogen-bond donors (Lipinski definition) is 1. The average molecular weight is 271 g/mol. The molecule has 1 aromatic carbocycles. The van der Waals surface area contributed by atoms with Gasteiger partial charge >= 0.3 is 0 Å². The summed E-state index contributed by atoms with van der Waals surface area (Å²) in [5, 5.41) is 4.26. The van der Waals surface area contributed by atoms with Gasteiger partial charge in [0.2, 0.25) is 0 Å². The van der Waals surface area contributed by atoms with Gasteiger partial charge in [0.1, 0.15) is 18.1 Å². The Labute approximate surface area is 118 Å². The van der Waals surface area contributed by atoms with Crippen LogP contribution in [0, 0.1) is 11.8 Å². The lowest BCUT2D eigenvalue weighted by molar-refractivity contribution is 0.298. The Morgan fingerprint density at radius 2 is 2.20 bits per heavy atom. The molecule has 0 fully saturated rings. The zero-order valence-electron chi connectivity index (χ0n) is 11.6. The van der Waals surface area contributed by atoms with Crippen molar-refractivity contribution in [2.75, 3.05) is 13.7 Å². The molecule has 0 amide bonds. The zero-order chi connectivity index (χ0) is 14.4. The van der Waals surface area contributed by atoms with E-state index in [0.29, 0.717) is 18.9 Å². The molecule has 1 heterocycles. The second-order valence-electron chi connectivity index (χ2n) is 4.14. The molecule has 2 N–H and O–H groups in total. The SMILES string of the molecule is COc1ccc(OCc2ccn(C)n2)c(C#CCN)c1. The molecule has 0 aliphatic heterocycles. The van der Waals surface area contributed by atoms with Crippen LogP contribution in [0.2, 0.25) is 0 Å². The van der Waals surface area contributed by atoms with Gasteiger partial charge in [-0.05, 0) is 24.3 Å². The van der Waals surface area contributed by atoms with Crippen LogP contribution in [0.4, 0.5) is 0 Å². The van der Waals surface area contributed by atoms with Crippen molar-refractivity contribution in [2.45, 2.75) is 6.61 Å². The number of nitrogens with zero attached hydrogens (tertiary/aromatic N) is 2. The van der Waals surface area contributed by atoms with Crippen LogP contribution >= 0.6 is 0 Å². The molecule has 0 saturated carbocycles. The predicted octanol–water partition coefficient (Wildman–Crippen LogP) is 1.32. The number of methoxy groups -OCH3 is 1. The fourth-order valence-corrected chi connectivity index (χ4v) is 1.70. The van der Waals surface area contributed by atoms with Crippen LogP contribution in [0.1, 0.15) is 11.3 Å². The molecule has 0 aliphatic rings. The maximum Gasteiger partial charge on any atom is 0.135 e. The van der Waals surface area contributed by atoms with Crippen LogP contribution in [0.5, 0.6) is 11.5 Å². The molecule has 5 nitrogen and oxygen atoms in total. The summed E-state index contributed by atoms with van der Waals surface area (Å²) < 4.78 is 12.7. The summed E-state index contributed by atoms with van der Waals surface area (Å²) in [4.78, 5) is 0. The first-order chi connectivity index (χ1) is 9.72. The van der Waals surface area contributed by atoms with Crippen LogP contribution in [0.3, 0.4) is 0 Å². The fraction of sp³-hybridized carbons (Fsp3) is 0.267. The van der Waals surface area contributed by atoms with Gasteiger partial charge in [-0.2, -0.15) is 5.10 Å². The number of hydrogen-bond acceptors (Lipinski definition) is 4. The highest BCUT2D eigenvalue weighted by atomic mass is 16.5. The summed E-state index contributed by atoms with van der Waals surface area (Å²) in [6, 6.07) is 7.41. The smallest absolute Gasteiger partial charge is 0.135 e. The first kappa shape index (κ1) is 14.0. The van der Waals surface area contributed by atoms with E-state index in [-0.39, 0.29) is 0 Å². The number of benzene rings is 1. The molecule has 2 aromatic rings. The van der Waals surface area contributed by atoms with Crippen LogP contribution in [0.15, 0.2) is 30.5 Å². The standard InChI is InChI=1S/C15H17N3O2/c1-18-9-7-13(17-18)11-20-15-6-5-14(19-2)10-12(15)4-3-8-16/h5-7,9-10H,8,11,16H2,1-2H3. The van der Waals surface area contributed by atoms with Gasteiger partial charge in [-0.3, -0.25) is 4.68 Å². The van der Waals surface area contributed by atoms with Gasteiger partial charge in [0, 0.05) is 13.2 Å². The lowest BCUT2D eigenvalue weighted by Gasteiger charge is -2.08. The largest absolute Gasteiger partial charge is 0.497 e. The molecule has 5 heteroatoms. The molecule has 20 heavy (non-hydrogen) atoms.